The van der Waals surface area contributed by atoms with Gasteiger partial charge < -0.3 is 20.9 Å². The molecule has 0 aromatic heterocycles. The van der Waals surface area contributed by atoms with Gasteiger partial charge in [-0.05, 0) is 18.3 Å². The quantitative estimate of drug-likeness (QED) is 0.621. The van der Waals surface area contributed by atoms with Crippen molar-refractivity contribution in [3.05, 3.63) is 6.42 Å². The van der Waals surface area contributed by atoms with Crippen molar-refractivity contribution in [2.75, 3.05) is 13.1 Å². The number of Topliss-reactive ketones (excluding diaryl/α,β-unsaturated/α-hetero) is 1. The van der Waals surface area contributed by atoms with Crippen molar-refractivity contribution in [3.63, 3.8) is 0 Å². The van der Waals surface area contributed by atoms with E-state index in [4.69, 9.17) is 5.73 Å². The van der Waals surface area contributed by atoms with Crippen LogP contribution in [0.2, 0.25) is 0 Å². The second-order valence-electron chi connectivity index (χ2n) is 9.01. The maximum atomic E-state index is 13.2. The third-order valence-electron chi connectivity index (χ3n) is 5.58. The average molecular weight is 407 g/mol. The van der Waals surface area contributed by atoms with Gasteiger partial charge in [-0.1, -0.05) is 27.7 Å². The SMILES string of the molecule is CC(=O)NC(C(=O)N1CC(=O)C2C1CCN2C(=O)[CH]CC(C)C(N)=O)C(C)(C)C. The maximum Gasteiger partial charge on any atom is 0.246 e. The summed E-state index contributed by atoms with van der Waals surface area (Å²) in [6.07, 6.45) is 2.07. The fourth-order valence-corrected chi connectivity index (χ4v) is 3.89. The Morgan fingerprint density at radius 1 is 1.24 bits per heavy atom. The van der Waals surface area contributed by atoms with Crippen LogP contribution in [0.3, 0.4) is 0 Å². The average Bonchev–Trinajstić information content (AvgIpc) is 3.17. The summed E-state index contributed by atoms with van der Waals surface area (Å²) in [6, 6.07) is -1.86. The van der Waals surface area contributed by atoms with E-state index in [1.165, 1.54) is 23.1 Å². The van der Waals surface area contributed by atoms with E-state index in [-0.39, 0.29) is 36.5 Å². The molecule has 9 heteroatoms. The third-order valence-corrected chi connectivity index (χ3v) is 5.58. The number of nitrogens with zero attached hydrogens (tertiary/aromatic N) is 2. The molecule has 2 saturated heterocycles. The minimum Gasteiger partial charge on any atom is -0.369 e. The van der Waals surface area contributed by atoms with E-state index in [0.29, 0.717) is 13.0 Å². The van der Waals surface area contributed by atoms with Crippen molar-refractivity contribution < 1.29 is 24.0 Å². The van der Waals surface area contributed by atoms with Crippen molar-refractivity contribution in [3.8, 4) is 0 Å². The number of nitrogens with two attached hydrogens (primary N) is 1. The topological polar surface area (TPSA) is 130 Å². The van der Waals surface area contributed by atoms with E-state index in [0.717, 1.165) is 0 Å². The smallest absolute Gasteiger partial charge is 0.246 e. The first-order valence-corrected chi connectivity index (χ1v) is 9.88. The lowest BCUT2D eigenvalue weighted by Gasteiger charge is -2.35. The van der Waals surface area contributed by atoms with E-state index in [1.807, 2.05) is 20.8 Å². The van der Waals surface area contributed by atoms with Gasteiger partial charge >= 0.3 is 0 Å². The van der Waals surface area contributed by atoms with Gasteiger partial charge in [-0.3, -0.25) is 24.0 Å². The van der Waals surface area contributed by atoms with Gasteiger partial charge in [0, 0.05) is 19.4 Å². The summed E-state index contributed by atoms with van der Waals surface area (Å²) in [7, 11) is 0. The first-order valence-electron chi connectivity index (χ1n) is 9.88. The van der Waals surface area contributed by atoms with Gasteiger partial charge in [0.25, 0.3) is 0 Å². The van der Waals surface area contributed by atoms with Crippen LogP contribution in [-0.2, 0) is 24.0 Å². The molecule has 1 radical (unpaired) electrons. The zero-order chi connectivity index (χ0) is 22.1. The first-order chi connectivity index (χ1) is 13.3. The number of ketones is 1. The molecule has 29 heavy (non-hydrogen) atoms. The highest BCUT2D eigenvalue weighted by Gasteiger charge is 2.53. The zero-order valence-electron chi connectivity index (χ0n) is 17.7. The summed E-state index contributed by atoms with van der Waals surface area (Å²) < 4.78 is 0. The molecule has 0 saturated carbocycles. The lowest BCUT2D eigenvalue weighted by atomic mass is 9.85. The Morgan fingerprint density at radius 2 is 1.86 bits per heavy atom. The summed E-state index contributed by atoms with van der Waals surface area (Å²) in [6.45, 7) is 8.80. The molecule has 2 rings (SSSR count). The predicted octanol–water partition coefficient (Wildman–Crippen LogP) is -0.366. The molecule has 2 heterocycles. The number of fused-ring (bicyclic) bond motifs is 1. The molecule has 4 atom stereocenters. The second kappa shape index (κ2) is 8.51. The van der Waals surface area contributed by atoms with Crippen molar-refractivity contribution in [2.45, 2.75) is 65.6 Å². The molecule has 3 N–H and O–H groups in total. The number of nitrogens with one attached hydrogen (secondary N) is 1. The Balaban J connectivity index is 2.12. The predicted molar refractivity (Wildman–Crippen MR) is 105 cm³/mol. The Hall–Kier alpha value is -2.45. The number of rotatable bonds is 6. The fourth-order valence-electron chi connectivity index (χ4n) is 3.89. The molecule has 0 aromatic rings. The highest BCUT2D eigenvalue weighted by Crippen LogP contribution is 2.32. The zero-order valence-corrected chi connectivity index (χ0v) is 17.7. The van der Waals surface area contributed by atoms with Gasteiger partial charge in [0.05, 0.1) is 19.0 Å². The lowest BCUT2D eigenvalue weighted by molar-refractivity contribution is -0.140. The Bertz CT molecular complexity index is 714. The lowest BCUT2D eigenvalue weighted by Crippen LogP contribution is -2.55. The molecule has 9 nitrogen and oxygen atoms in total. The molecule has 4 unspecified atom stereocenters. The molecule has 161 valence electrons. The van der Waals surface area contributed by atoms with Crippen LogP contribution in [0.25, 0.3) is 0 Å². The standard InChI is InChI=1S/C20H31N4O5/c1-11(18(21)28)6-7-15(27)23-9-8-13-16(23)14(26)10-24(13)19(29)17(20(3,4)5)22-12(2)25/h7,11,13,16-17H,6,8-10H2,1-5H3,(H2,21,28)(H,22,25). The number of carbonyl (C=O) groups excluding carboxylic acids is 5. The third kappa shape index (κ3) is 4.94. The number of carbonyl (C=O) groups is 5. The Kier molecular flexibility index (Phi) is 6.70. The van der Waals surface area contributed by atoms with Crippen LogP contribution < -0.4 is 11.1 Å². The normalized spacial score (nSPS) is 23.6. The molecule has 2 fully saturated rings. The second-order valence-corrected chi connectivity index (χ2v) is 9.01. The minimum atomic E-state index is -0.765. The van der Waals surface area contributed by atoms with Crippen molar-refractivity contribution in [1.29, 1.82) is 0 Å². The first kappa shape index (κ1) is 22.8. The molecule has 2 aliphatic rings. The number of hydrogen-bond donors (Lipinski definition) is 2. The molecule has 0 aromatic carbocycles. The van der Waals surface area contributed by atoms with Crippen LogP contribution in [0.5, 0.6) is 0 Å². The van der Waals surface area contributed by atoms with Gasteiger partial charge in [-0.15, -0.1) is 0 Å². The molecular formula is C20H31N4O5. The Morgan fingerprint density at radius 3 is 2.38 bits per heavy atom. The molecule has 0 aliphatic carbocycles. The maximum absolute atomic E-state index is 13.2. The molecule has 0 spiro atoms. The van der Waals surface area contributed by atoms with Gasteiger partial charge in [0.1, 0.15) is 12.1 Å². The van der Waals surface area contributed by atoms with Crippen molar-refractivity contribution in [2.24, 2.45) is 17.1 Å². The summed E-state index contributed by atoms with van der Waals surface area (Å²) in [5, 5.41) is 2.70. The van der Waals surface area contributed by atoms with E-state index in [1.54, 1.807) is 6.92 Å². The summed E-state index contributed by atoms with van der Waals surface area (Å²) in [5.74, 6) is -2.12. The fraction of sp³-hybridized carbons (Fsp3) is 0.700. The van der Waals surface area contributed by atoms with Gasteiger partial charge in [-0.2, -0.15) is 0 Å². The monoisotopic (exact) mass is 407 g/mol. The van der Waals surface area contributed by atoms with Crippen LogP contribution in [0.1, 0.15) is 47.5 Å². The van der Waals surface area contributed by atoms with E-state index >= 15 is 0 Å². The Labute approximate surface area is 171 Å². The largest absolute Gasteiger partial charge is 0.369 e. The van der Waals surface area contributed by atoms with Gasteiger partial charge in [0.2, 0.25) is 23.6 Å². The van der Waals surface area contributed by atoms with Crippen LogP contribution in [-0.4, -0.2) is 70.4 Å². The highest BCUT2D eigenvalue weighted by atomic mass is 16.2. The number of amides is 4. The van der Waals surface area contributed by atoms with Crippen LogP contribution >= 0.6 is 0 Å². The van der Waals surface area contributed by atoms with E-state index in [9.17, 15) is 24.0 Å². The molecular weight excluding hydrogens is 376 g/mol. The van der Waals surface area contributed by atoms with Crippen LogP contribution in [0.4, 0.5) is 0 Å². The van der Waals surface area contributed by atoms with Gasteiger partial charge in [0.15, 0.2) is 5.78 Å². The van der Waals surface area contributed by atoms with Crippen molar-refractivity contribution in [1.82, 2.24) is 15.1 Å². The highest BCUT2D eigenvalue weighted by molar-refractivity contribution is 6.00. The number of likely N-dealkylation sites (tertiary alicyclic amines) is 2. The molecule has 4 amide bonds. The van der Waals surface area contributed by atoms with E-state index in [2.05, 4.69) is 5.32 Å². The van der Waals surface area contributed by atoms with Gasteiger partial charge in [-0.25, -0.2) is 0 Å². The molecule has 2 aliphatic heterocycles. The number of hydrogen-bond acceptors (Lipinski definition) is 5. The minimum absolute atomic E-state index is 0.0815. The van der Waals surface area contributed by atoms with Crippen LogP contribution in [0.15, 0.2) is 0 Å². The number of primary amides is 1. The van der Waals surface area contributed by atoms with Crippen LogP contribution in [0, 0.1) is 17.8 Å². The summed E-state index contributed by atoms with van der Waals surface area (Å²) in [5.41, 5.74) is 4.69. The summed E-state index contributed by atoms with van der Waals surface area (Å²) in [4.78, 5) is 64.1. The molecule has 0 bridgehead atoms. The van der Waals surface area contributed by atoms with Crippen molar-refractivity contribution >= 4 is 29.4 Å². The summed E-state index contributed by atoms with van der Waals surface area (Å²) >= 11 is 0. The van der Waals surface area contributed by atoms with E-state index < -0.39 is 35.4 Å².